The molecule has 0 bridgehead atoms. The quantitative estimate of drug-likeness (QED) is 0.543. The summed E-state index contributed by atoms with van der Waals surface area (Å²) in [5.74, 6) is 0. The highest BCUT2D eigenvalue weighted by atomic mass is 14.7. The lowest BCUT2D eigenvalue weighted by Gasteiger charge is -1.87. The Morgan fingerprint density at radius 2 is 1.07 bits per heavy atom. The molecule has 0 unspecified atom stereocenters. The summed E-state index contributed by atoms with van der Waals surface area (Å²) in [5.41, 5.74) is 2.42. The fourth-order valence-electron chi connectivity index (χ4n) is 1.80. The first-order valence-electron chi connectivity index (χ1n) is 4.40. The molecule has 0 atom stereocenters. The third kappa shape index (κ3) is 1.10. The molecule has 3 rings (SSSR count). The maximum atomic E-state index is 3.38. The number of fused-ring (bicyclic) bond motifs is 3. The van der Waals surface area contributed by atoms with Gasteiger partial charge < -0.3 is 4.98 Å². The fourth-order valence-corrected chi connectivity index (χ4v) is 1.80. The minimum Gasteiger partial charge on any atom is -0.355 e. The van der Waals surface area contributed by atoms with Crippen molar-refractivity contribution in [2.45, 2.75) is 7.43 Å². The van der Waals surface area contributed by atoms with Crippen LogP contribution in [0.2, 0.25) is 0 Å². The lowest BCUT2D eigenvalue weighted by Crippen LogP contribution is -1.62. The Morgan fingerprint density at radius 3 is 1.57 bits per heavy atom. The van der Waals surface area contributed by atoms with Gasteiger partial charge in [0.15, 0.2) is 0 Å². The molecule has 0 spiro atoms. The highest BCUT2D eigenvalue weighted by Gasteiger charge is 2.00. The molecule has 70 valence electrons. The minimum absolute atomic E-state index is 0. The third-order valence-corrected chi connectivity index (χ3v) is 2.41. The number of rotatable bonds is 0. The van der Waals surface area contributed by atoms with E-state index in [0.29, 0.717) is 0 Å². The second-order valence-electron chi connectivity index (χ2n) is 3.22. The molecule has 1 aromatic heterocycles. The van der Waals surface area contributed by atoms with Crippen LogP contribution >= 0.6 is 0 Å². The van der Waals surface area contributed by atoms with E-state index in [1.165, 1.54) is 21.8 Å². The summed E-state index contributed by atoms with van der Waals surface area (Å²) in [4.78, 5) is 3.38. The number of H-pyrrole nitrogens is 1. The summed E-state index contributed by atoms with van der Waals surface area (Å²) in [5, 5.41) is 2.61. The van der Waals surface area contributed by atoms with Gasteiger partial charge in [0.05, 0.1) is 0 Å². The van der Waals surface area contributed by atoms with E-state index in [0.717, 1.165) is 0 Å². The van der Waals surface area contributed by atoms with Crippen molar-refractivity contribution < 1.29 is 0 Å². The van der Waals surface area contributed by atoms with Crippen molar-refractivity contribution in [2.75, 3.05) is 0 Å². The maximum Gasteiger partial charge on any atom is 0.0464 e. The molecule has 0 saturated heterocycles. The zero-order chi connectivity index (χ0) is 8.67. The molecule has 1 N–H and O–H groups in total. The van der Waals surface area contributed by atoms with Crippen molar-refractivity contribution in [1.29, 1.82) is 0 Å². The lowest BCUT2D eigenvalue weighted by atomic mass is 10.2. The zero-order valence-electron chi connectivity index (χ0n) is 7.12. The Labute approximate surface area is 83.4 Å². The molecule has 1 heterocycles. The van der Waals surface area contributed by atoms with Crippen LogP contribution in [-0.4, -0.2) is 4.98 Å². The molecule has 0 aliphatic rings. The van der Waals surface area contributed by atoms with Crippen molar-refractivity contribution in [3.8, 4) is 0 Å². The molecule has 2 aromatic carbocycles. The van der Waals surface area contributed by atoms with Crippen LogP contribution in [0.25, 0.3) is 21.8 Å². The van der Waals surface area contributed by atoms with E-state index in [2.05, 4.69) is 53.5 Å². The number of nitrogens with one attached hydrogen (secondary N) is 1. The molecule has 0 radical (unpaired) electrons. The summed E-state index contributed by atoms with van der Waals surface area (Å²) in [6.07, 6.45) is 0. The Hall–Kier alpha value is -1.76. The molecular weight excluding hydrogens is 170 g/mol. The summed E-state index contributed by atoms with van der Waals surface area (Å²) < 4.78 is 0. The van der Waals surface area contributed by atoms with E-state index in [-0.39, 0.29) is 7.43 Å². The van der Waals surface area contributed by atoms with Crippen molar-refractivity contribution >= 4 is 21.8 Å². The first kappa shape index (κ1) is 8.82. The van der Waals surface area contributed by atoms with Crippen LogP contribution in [0.4, 0.5) is 0 Å². The first-order chi connectivity index (χ1) is 6.45. The van der Waals surface area contributed by atoms with E-state index in [1.54, 1.807) is 0 Å². The largest absolute Gasteiger partial charge is 0.355 e. The van der Waals surface area contributed by atoms with Gasteiger partial charge in [-0.3, -0.25) is 0 Å². The molecule has 1 nitrogen and oxygen atoms in total. The van der Waals surface area contributed by atoms with E-state index in [4.69, 9.17) is 0 Å². The highest BCUT2D eigenvalue weighted by Crippen LogP contribution is 2.24. The first-order valence-corrected chi connectivity index (χ1v) is 4.40. The van der Waals surface area contributed by atoms with Crippen molar-refractivity contribution in [3.05, 3.63) is 48.5 Å². The number of aromatic nitrogens is 1. The molecule has 1 heteroatoms. The van der Waals surface area contributed by atoms with Crippen molar-refractivity contribution in [1.82, 2.24) is 4.98 Å². The smallest absolute Gasteiger partial charge is 0.0464 e. The van der Waals surface area contributed by atoms with Gasteiger partial charge in [-0.15, -0.1) is 0 Å². The molecule has 0 aliphatic carbocycles. The standard InChI is InChI=1S/C12H9N.CH4/c1-3-7-11-9(5-1)10-6-2-4-8-12(10)13-11;/h1-8,13H;1H4. The molecule has 14 heavy (non-hydrogen) atoms. The predicted molar refractivity (Wildman–Crippen MR) is 62.5 cm³/mol. The van der Waals surface area contributed by atoms with Crippen LogP contribution in [-0.2, 0) is 0 Å². The highest BCUT2D eigenvalue weighted by molar-refractivity contribution is 6.06. The van der Waals surface area contributed by atoms with Crippen molar-refractivity contribution in [3.63, 3.8) is 0 Å². The topological polar surface area (TPSA) is 15.8 Å². The Bertz CT molecular complexity index is 513. The van der Waals surface area contributed by atoms with Crippen LogP contribution in [0.3, 0.4) is 0 Å². The molecule has 0 fully saturated rings. The SMILES string of the molecule is C.c1ccc2c(c1)[nH]c1ccccc12. The van der Waals surface area contributed by atoms with Gasteiger partial charge in [0.25, 0.3) is 0 Å². The van der Waals surface area contributed by atoms with Crippen LogP contribution in [0.1, 0.15) is 7.43 Å². The van der Waals surface area contributed by atoms with Crippen LogP contribution < -0.4 is 0 Å². The molecule has 0 aliphatic heterocycles. The van der Waals surface area contributed by atoms with Crippen molar-refractivity contribution in [2.24, 2.45) is 0 Å². The normalized spacial score (nSPS) is 10.3. The van der Waals surface area contributed by atoms with E-state index >= 15 is 0 Å². The van der Waals surface area contributed by atoms with E-state index in [9.17, 15) is 0 Å². The van der Waals surface area contributed by atoms with Crippen LogP contribution in [0.15, 0.2) is 48.5 Å². The summed E-state index contributed by atoms with van der Waals surface area (Å²) in [7, 11) is 0. The van der Waals surface area contributed by atoms with Gasteiger partial charge in [0.1, 0.15) is 0 Å². The maximum absolute atomic E-state index is 3.38. The zero-order valence-corrected chi connectivity index (χ0v) is 7.12. The third-order valence-electron chi connectivity index (χ3n) is 2.41. The van der Waals surface area contributed by atoms with Gasteiger partial charge in [0, 0.05) is 21.8 Å². The summed E-state index contributed by atoms with van der Waals surface area (Å²) in [6.45, 7) is 0. The molecule has 0 amide bonds. The number of benzene rings is 2. The Morgan fingerprint density at radius 1 is 0.643 bits per heavy atom. The number of aromatic amines is 1. The van der Waals surface area contributed by atoms with E-state index in [1.807, 2.05) is 0 Å². The van der Waals surface area contributed by atoms with Crippen LogP contribution in [0, 0.1) is 0 Å². The fraction of sp³-hybridized carbons (Fsp3) is 0.0769. The number of para-hydroxylation sites is 2. The molecule has 0 saturated carbocycles. The molecule has 3 aromatic rings. The Kier molecular flexibility index (Phi) is 2.01. The van der Waals surface area contributed by atoms with Gasteiger partial charge in [-0.1, -0.05) is 43.8 Å². The average Bonchev–Trinajstić information content (AvgIpc) is 2.56. The second-order valence-corrected chi connectivity index (χ2v) is 3.22. The summed E-state index contributed by atoms with van der Waals surface area (Å²) >= 11 is 0. The Balaban J connectivity index is 0.000000750. The van der Waals surface area contributed by atoms with Gasteiger partial charge in [-0.2, -0.15) is 0 Å². The van der Waals surface area contributed by atoms with Gasteiger partial charge in [-0.25, -0.2) is 0 Å². The number of hydrogen-bond acceptors (Lipinski definition) is 0. The molecular formula is C13H13N. The lowest BCUT2D eigenvalue weighted by molar-refractivity contribution is 1.55. The summed E-state index contributed by atoms with van der Waals surface area (Å²) in [6, 6.07) is 16.8. The number of hydrogen-bond donors (Lipinski definition) is 1. The minimum atomic E-state index is 0. The monoisotopic (exact) mass is 183 g/mol. The predicted octanol–water partition coefficient (Wildman–Crippen LogP) is 3.96. The van der Waals surface area contributed by atoms with Gasteiger partial charge in [0.2, 0.25) is 0 Å². The van der Waals surface area contributed by atoms with Gasteiger partial charge in [-0.05, 0) is 12.1 Å². The second kappa shape index (κ2) is 3.18. The van der Waals surface area contributed by atoms with Crippen LogP contribution in [0.5, 0.6) is 0 Å². The van der Waals surface area contributed by atoms with E-state index < -0.39 is 0 Å². The average molecular weight is 183 g/mol. The van der Waals surface area contributed by atoms with Gasteiger partial charge >= 0.3 is 0 Å².